The molecule has 1 aliphatic rings. The molecule has 1 unspecified atom stereocenters. The van der Waals surface area contributed by atoms with Crippen LogP contribution in [-0.4, -0.2) is 56.2 Å². The maximum atomic E-state index is 5.43. The van der Waals surface area contributed by atoms with Crippen molar-refractivity contribution in [3.05, 3.63) is 39.8 Å². The minimum atomic E-state index is 0.439. The van der Waals surface area contributed by atoms with Crippen LogP contribution in [0.1, 0.15) is 34.7 Å². The Morgan fingerprint density at radius 2 is 2.04 bits per heavy atom. The van der Waals surface area contributed by atoms with Crippen LogP contribution in [0.3, 0.4) is 0 Å². The van der Waals surface area contributed by atoms with Gasteiger partial charge in [-0.05, 0) is 38.0 Å². The van der Waals surface area contributed by atoms with E-state index in [1.807, 2.05) is 12.3 Å². The van der Waals surface area contributed by atoms with Crippen LogP contribution < -0.4 is 14.8 Å². The van der Waals surface area contributed by atoms with E-state index < -0.39 is 0 Å². The zero-order chi connectivity index (χ0) is 19.9. The van der Waals surface area contributed by atoms with E-state index >= 15 is 0 Å². The third-order valence-electron chi connectivity index (χ3n) is 4.92. The van der Waals surface area contributed by atoms with Gasteiger partial charge in [0.1, 0.15) is 11.5 Å². The number of guanidine groups is 1. The molecule has 0 radical (unpaired) electrons. The molecular formula is C21H30N4O2S. The second-order valence-corrected chi connectivity index (χ2v) is 8.25. The minimum Gasteiger partial charge on any atom is -0.497 e. The third-order valence-corrected chi connectivity index (χ3v) is 5.90. The molecule has 0 amide bonds. The number of hydrogen-bond donors (Lipinski definition) is 1. The molecule has 152 valence electrons. The number of aryl methyl sites for hydroxylation is 1. The highest BCUT2D eigenvalue weighted by Gasteiger charge is 2.27. The number of nitrogens with one attached hydrogen (secondary N) is 1. The van der Waals surface area contributed by atoms with Crippen molar-refractivity contribution in [3.63, 3.8) is 0 Å². The van der Waals surface area contributed by atoms with Crippen molar-refractivity contribution in [3.8, 4) is 11.5 Å². The Kier molecular flexibility index (Phi) is 7.14. The summed E-state index contributed by atoms with van der Waals surface area (Å²) >= 11 is 1.75. The molecule has 2 heterocycles. The summed E-state index contributed by atoms with van der Waals surface area (Å²) in [5, 5.41) is 4.60. The number of likely N-dealkylation sites (tertiary alicyclic amines) is 1. The Hall–Kier alpha value is -2.28. The van der Waals surface area contributed by atoms with Gasteiger partial charge in [0.2, 0.25) is 0 Å². The number of benzene rings is 1. The number of methoxy groups -OCH3 is 2. The number of nitrogens with zero attached hydrogens (tertiary/aromatic N) is 3. The van der Waals surface area contributed by atoms with Crippen LogP contribution in [0.15, 0.2) is 29.4 Å². The van der Waals surface area contributed by atoms with Gasteiger partial charge in [-0.1, -0.05) is 0 Å². The fourth-order valence-electron chi connectivity index (χ4n) is 3.49. The zero-order valence-corrected chi connectivity index (χ0v) is 18.0. The summed E-state index contributed by atoms with van der Waals surface area (Å²) in [5.74, 6) is 3.11. The van der Waals surface area contributed by atoms with Gasteiger partial charge >= 0.3 is 0 Å². The van der Waals surface area contributed by atoms with Crippen molar-refractivity contribution >= 4 is 17.3 Å². The summed E-state index contributed by atoms with van der Waals surface area (Å²) in [6.07, 6.45) is 3.91. The highest BCUT2D eigenvalue weighted by Crippen LogP contribution is 2.32. The van der Waals surface area contributed by atoms with Gasteiger partial charge in [-0.3, -0.25) is 4.99 Å². The standard InChI is InChI=1S/C21H30N4O2S/c1-5-22-21(23-8-6-20-24-13-15(2)28-20)25-9-7-16(14-25)17-10-18(26-3)12-19(11-17)27-4/h10-13,16H,5-9,14H2,1-4H3,(H,22,23). The van der Waals surface area contributed by atoms with Crippen LogP contribution in [-0.2, 0) is 6.42 Å². The van der Waals surface area contributed by atoms with Gasteiger partial charge in [-0.15, -0.1) is 11.3 Å². The van der Waals surface area contributed by atoms with Gasteiger partial charge in [0, 0.05) is 55.7 Å². The van der Waals surface area contributed by atoms with E-state index in [2.05, 4.69) is 41.2 Å². The largest absolute Gasteiger partial charge is 0.497 e. The number of ether oxygens (including phenoxy) is 2. The highest BCUT2D eigenvalue weighted by molar-refractivity contribution is 7.11. The maximum absolute atomic E-state index is 5.43. The summed E-state index contributed by atoms with van der Waals surface area (Å²) in [7, 11) is 3.39. The Morgan fingerprint density at radius 3 is 2.64 bits per heavy atom. The van der Waals surface area contributed by atoms with Crippen LogP contribution in [0, 0.1) is 6.92 Å². The second-order valence-electron chi connectivity index (χ2n) is 6.93. The van der Waals surface area contributed by atoms with Crippen LogP contribution in [0.4, 0.5) is 0 Å². The smallest absolute Gasteiger partial charge is 0.193 e. The first-order valence-corrected chi connectivity index (χ1v) is 10.6. The molecule has 1 fully saturated rings. The van der Waals surface area contributed by atoms with E-state index in [0.717, 1.165) is 61.5 Å². The SMILES string of the molecule is CCNC(=NCCc1ncc(C)s1)N1CCC(c2cc(OC)cc(OC)c2)C1. The molecule has 0 saturated carbocycles. The summed E-state index contributed by atoms with van der Waals surface area (Å²) in [4.78, 5) is 12.9. The first kappa shape index (κ1) is 20.5. The maximum Gasteiger partial charge on any atom is 0.193 e. The molecule has 0 bridgehead atoms. The lowest BCUT2D eigenvalue weighted by atomic mass is 9.98. The molecule has 1 saturated heterocycles. The van der Waals surface area contributed by atoms with E-state index in [0.29, 0.717) is 5.92 Å². The molecule has 1 aliphatic heterocycles. The van der Waals surface area contributed by atoms with E-state index in [1.54, 1.807) is 25.6 Å². The van der Waals surface area contributed by atoms with Crippen molar-refractivity contribution in [2.75, 3.05) is 40.4 Å². The summed E-state index contributed by atoms with van der Waals surface area (Å²) in [6, 6.07) is 6.15. The molecule has 1 aromatic heterocycles. The Morgan fingerprint density at radius 1 is 1.29 bits per heavy atom. The highest BCUT2D eigenvalue weighted by atomic mass is 32.1. The van der Waals surface area contributed by atoms with E-state index in [4.69, 9.17) is 14.5 Å². The van der Waals surface area contributed by atoms with Crippen molar-refractivity contribution < 1.29 is 9.47 Å². The minimum absolute atomic E-state index is 0.439. The molecule has 2 aromatic rings. The van der Waals surface area contributed by atoms with Gasteiger partial charge in [-0.25, -0.2) is 4.98 Å². The van der Waals surface area contributed by atoms with Gasteiger partial charge < -0.3 is 19.7 Å². The molecule has 1 atom stereocenters. The fraction of sp³-hybridized carbons (Fsp3) is 0.524. The molecule has 3 rings (SSSR count). The number of thiazole rings is 1. The molecule has 6 nitrogen and oxygen atoms in total. The monoisotopic (exact) mass is 402 g/mol. The zero-order valence-electron chi connectivity index (χ0n) is 17.2. The van der Waals surface area contributed by atoms with E-state index in [1.165, 1.54) is 10.4 Å². The van der Waals surface area contributed by atoms with Crippen molar-refractivity contribution in [2.45, 2.75) is 32.6 Å². The molecule has 1 aromatic carbocycles. The second kappa shape index (κ2) is 9.78. The Bertz CT molecular complexity index is 783. The number of rotatable bonds is 7. The molecule has 1 N–H and O–H groups in total. The van der Waals surface area contributed by atoms with Crippen LogP contribution in [0.5, 0.6) is 11.5 Å². The van der Waals surface area contributed by atoms with Crippen LogP contribution in [0.25, 0.3) is 0 Å². The molecule has 28 heavy (non-hydrogen) atoms. The lowest BCUT2D eigenvalue weighted by molar-refractivity contribution is 0.392. The Labute approximate surface area is 171 Å². The average molecular weight is 403 g/mol. The number of aliphatic imine (C=N–C) groups is 1. The van der Waals surface area contributed by atoms with Crippen molar-refractivity contribution in [2.24, 2.45) is 4.99 Å². The Balaban J connectivity index is 1.66. The summed E-state index contributed by atoms with van der Waals surface area (Å²) in [5.41, 5.74) is 1.26. The summed E-state index contributed by atoms with van der Waals surface area (Å²) in [6.45, 7) is 7.75. The topological polar surface area (TPSA) is 59.0 Å². The van der Waals surface area contributed by atoms with E-state index in [-0.39, 0.29) is 0 Å². The number of hydrogen-bond acceptors (Lipinski definition) is 5. The summed E-state index contributed by atoms with van der Waals surface area (Å²) < 4.78 is 10.9. The molecular weight excluding hydrogens is 372 g/mol. The lowest BCUT2D eigenvalue weighted by Crippen LogP contribution is -2.40. The predicted molar refractivity (Wildman–Crippen MR) is 115 cm³/mol. The van der Waals surface area contributed by atoms with Crippen molar-refractivity contribution in [1.29, 1.82) is 0 Å². The lowest BCUT2D eigenvalue weighted by Gasteiger charge is -2.22. The van der Waals surface area contributed by atoms with Gasteiger partial charge in [0.15, 0.2) is 5.96 Å². The molecule has 7 heteroatoms. The van der Waals surface area contributed by atoms with Gasteiger partial charge in [0.25, 0.3) is 0 Å². The third kappa shape index (κ3) is 5.16. The van der Waals surface area contributed by atoms with Crippen LogP contribution in [0.2, 0.25) is 0 Å². The van der Waals surface area contributed by atoms with Gasteiger partial charge in [-0.2, -0.15) is 0 Å². The van der Waals surface area contributed by atoms with Crippen LogP contribution >= 0.6 is 11.3 Å². The molecule has 0 aliphatic carbocycles. The normalized spacial score (nSPS) is 17.1. The quantitative estimate of drug-likeness (QED) is 0.568. The van der Waals surface area contributed by atoms with E-state index in [9.17, 15) is 0 Å². The number of aromatic nitrogens is 1. The average Bonchev–Trinajstić information content (AvgIpc) is 3.36. The van der Waals surface area contributed by atoms with Gasteiger partial charge in [0.05, 0.1) is 19.2 Å². The van der Waals surface area contributed by atoms with Crippen molar-refractivity contribution in [1.82, 2.24) is 15.2 Å². The molecule has 0 spiro atoms. The predicted octanol–water partition coefficient (Wildman–Crippen LogP) is 3.47. The first-order chi connectivity index (χ1) is 13.6. The first-order valence-electron chi connectivity index (χ1n) is 9.80. The fourth-order valence-corrected chi connectivity index (χ4v) is 4.27.